The van der Waals surface area contributed by atoms with E-state index in [2.05, 4.69) is 15.4 Å². The van der Waals surface area contributed by atoms with E-state index in [1.807, 2.05) is 11.4 Å². The van der Waals surface area contributed by atoms with Crippen LogP contribution in [0.25, 0.3) is 10.2 Å². The molecule has 0 aromatic carbocycles. The molecule has 3 rings (SSSR count). The molecule has 7 heteroatoms. The molecule has 84 valence electrons. The van der Waals surface area contributed by atoms with Crippen LogP contribution in [0.15, 0.2) is 16.5 Å². The van der Waals surface area contributed by atoms with Crippen LogP contribution in [0.5, 0.6) is 0 Å². The number of hydrogen-bond donors (Lipinski definition) is 2. The molecule has 0 atom stereocenters. The van der Waals surface area contributed by atoms with E-state index in [1.165, 1.54) is 0 Å². The summed E-state index contributed by atoms with van der Waals surface area (Å²) in [5.74, 6) is 5.82. The number of rotatable bonds is 3. The van der Waals surface area contributed by atoms with Gasteiger partial charge in [0.15, 0.2) is 0 Å². The van der Waals surface area contributed by atoms with Crippen molar-refractivity contribution in [2.45, 2.75) is 10.3 Å². The van der Waals surface area contributed by atoms with Crippen molar-refractivity contribution in [1.82, 2.24) is 9.97 Å². The summed E-state index contributed by atoms with van der Waals surface area (Å²) in [5.41, 5.74) is 2.50. The predicted molar refractivity (Wildman–Crippen MR) is 65.7 cm³/mol. The van der Waals surface area contributed by atoms with E-state index in [1.54, 1.807) is 23.1 Å². The van der Waals surface area contributed by atoms with Gasteiger partial charge in [-0.2, -0.15) is 0 Å². The molecule has 0 aliphatic carbocycles. The summed E-state index contributed by atoms with van der Waals surface area (Å²) in [6.45, 7) is 1.59. The quantitative estimate of drug-likeness (QED) is 0.491. The molecular weight excluding hydrogens is 244 g/mol. The molecule has 1 saturated heterocycles. The molecule has 0 radical (unpaired) electrons. The van der Waals surface area contributed by atoms with Crippen LogP contribution in [0.1, 0.15) is 0 Å². The van der Waals surface area contributed by atoms with E-state index < -0.39 is 0 Å². The minimum absolute atomic E-state index is 0.470. The van der Waals surface area contributed by atoms with E-state index in [-0.39, 0.29) is 0 Å². The Balaban J connectivity index is 2.01. The topological polar surface area (TPSA) is 73.1 Å². The van der Waals surface area contributed by atoms with Crippen molar-refractivity contribution in [3.8, 4) is 0 Å². The van der Waals surface area contributed by atoms with Crippen LogP contribution in [0.4, 0.5) is 5.95 Å². The maximum absolute atomic E-state index is 5.35. The van der Waals surface area contributed by atoms with Gasteiger partial charge in [0.25, 0.3) is 0 Å². The maximum Gasteiger partial charge on any atom is 0.239 e. The number of nitrogens with two attached hydrogens (primary N) is 1. The molecule has 1 aliphatic heterocycles. The van der Waals surface area contributed by atoms with Crippen LogP contribution >= 0.6 is 23.1 Å². The Morgan fingerprint density at radius 1 is 1.50 bits per heavy atom. The molecule has 0 spiro atoms. The third-order valence-electron chi connectivity index (χ3n) is 2.30. The summed E-state index contributed by atoms with van der Waals surface area (Å²) in [6, 6.07) is 2.04. The van der Waals surface area contributed by atoms with E-state index in [0.29, 0.717) is 11.2 Å². The average molecular weight is 254 g/mol. The highest BCUT2D eigenvalue weighted by Crippen LogP contribution is 2.34. The zero-order valence-electron chi connectivity index (χ0n) is 8.34. The molecule has 3 N–H and O–H groups in total. The monoisotopic (exact) mass is 254 g/mol. The number of thiophene rings is 1. The average Bonchev–Trinajstić information content (AvgIpc) is 2.70. The second kappa shape index (κ2) is 4.17. The molecule has 5 nitrogen and oxygen atoms in total. The lowest BCUT2D eigenvalue weighted by atomic mass is 10.4. The van der Waals surface area contributed by atoms with Crippen molar-refractivity contribution in [2.24, 2.45) is 5.84 Å². The second-order valence-corrected chi connectivity index (χ2v) is 5.60. The summed E-state index contributed by atoms with van der Waals surface area (Å²) in [7, 11) is 0. The van der Waals surface area contributed by atoms with Crippen molar-refractivity contribution in [2.75, 3.05) is 18.6 Å². The number of nitrogen functional groups attached to an aromatic ring is 1. The highest BCUT2D eigenvalue weighted by Gasteiger charge is 2.22. The summed E-state index contributed by atoms with van der Waals surface area (Å²) in [5, 5.41) is 4.60. The number of aromatic nitrogens is 2. The first-order chi connectivity index (χ1) is 7.86. The molecule has 0 saturated carbocycles. The Kier molecular flexibility index (Phi) is 2.68. The van der Waals surface area contributed by atoms with Gasteiger partial charge < -0.3 is 4.74 Å². The molecule has 16 heavy (non-hydrogen) atoms. The van der Waals surface area contributed by atoms with Gasteiger partial charge in [-0.25, -0.2) is 15.8 Å². The Bertz CT molecular complexity index is 511. The van der Waals surface area contributed by atoms with Crippen molar-refractivity contribution in [3.63, 3.8) is 0 Å². The normalized spacial score (nSPS) is 16.3. The van der Waals surface area contributed by atoms with Gasteiger partial charge >= 0.3 is 0 Å². The van der Waals surface area contributed by atoms with Crippen molar-refractivity contribution in [3.05, 3.63) is 11.4 Å². The van der Waals surface area contributed by atoms with Gasteiger partial charge in [-0.15, -0.1) is 11.3 Å². The van der Waals surface area contributed by atoms with Crippen LogP contribution in [0, 0.1) is 0 Å². The van der Waals surface area contributed by atoms with Crippen LogP contribution in [0.2, 0.25) is 0 Å². The molecule has 2 aromatic heterocycles. The fourth-order valence-electron chi connectivity index (χ4n) is 1.42. The number of thioether (sulfide) groups is 1. The Morgan fingerprint density at radius 2 is 2.38 bits per heavy atom. The fraction of sp³-hybridized carbons (Fsp3) is 0.333. The molecule has 0 unspecified atom stereocenters. The summed E-state index contributed by atoms with van der Waals surface area (Å²) < 4.78 is 5.16. The maximum atomic E-state index is 5.35. The summed E-state index contributed by atoms with van der Waals surface area (Å²) in [4.78, 5) is 9.64. The third-order valence-corrected chi connectivity index (χ3v) is 4.25. The van der Waals surface area contributed by atoms with Gasteiger partial charge in [-0.3, -0.25) is 5.43 Å². The van der Waals surface area contributed by atoms with Crippen LogP contribution in [-0.2, 0) is 4.74 Å². The molecule has 3 heterocycles. The highest BCUT2D eigenvalue weighted by molar-refractivity contribution is 8.00. The molecule has 0 amide bonds. The molecular formula is C9H10N4OS2. The van der Waals surface area contributed by atoms with E-state index in [0.717, 1.165) is 28.5 Å². The fourth-order valence-corrected chi connectivity index (χ4v) is 3.33. The summed E-state index contributed by atoms with van der Waals surface area (Å²) in [6.07, 6.45) is 0. The van der Waals surface area contributed by atoms with E-state index in [9.17, 15) is 0 Å². The Hall–Kier alpha value is -0.890. The van der Waals surface area contributed by atoms with Gasteiger partial charge in [0.05, 0.1) is 18.5 Å². The van der Waals surface area contributed by atoms with Crippen molar-refractivity contribution >= 4 is 39.3 Å². The number of hydrazine groups is 1. The smallest absolute Gasteiger partial charge is 0.239 e. The number of fused-ring (bicyclic) bond motifs is 1. The number of anilines is 1. The Morgan fingerprint density at radius 3 is 3.06 bits per heavy atom. The lowest BCUT2D eigenvalue weighted by Crippen LogP contribution is -2.30. The lowest BCUT2D eigenvalue weighted by Gasteiger charge is -2.24. The third kappa shape index (κ3) is 1.75. The highest BCUT2D eigenvalue weighted by atomic mass is 32.2. The van der Waals surface area contributed by atoms with Gasteiger partial charge in [0.2, 0.25) is 5.95 Å². The first kappa shape index (κ1) is 10.3. The van der Waals surface area contributed by atoms with Crippen LogP contribution < -0.4 is 11.3 Å². The Labute approximate surface area is 100 Å². The van der Waals surface area contributed by atoms with Gasteiger partial charge in [0.1, 0.15) is 9.86 Å². The minimum Gasteiger partial charge on any atom is -0.379 e. The van der Waals surface area contributed by atoms with E-state index in [4.69, 9.17) is 10.6 Å². The predicted octanol–water partition coefficient (Wildman–Crippen LogP) is 1.47. The first-order valence-corrected chi connectivity index (χ1v) is 6.59. The van der Waals surface area contributed by atoms with Crippen LogP contribution in [-0.4, -0.2) is 28.4 Å². The SMILES string of the molecule is NNc1nc(SC2COC2)c2ccsc2n1. The van der Waals surface area contributed by atoms with Crippen LogP contribution in [0.3, 0.4) is 0 Å². The largest absolute Gasteiger partial charge is 0.379 e. The molecule has 2 aromatic rings. The lowest BCUT2D eigenvalue weighted by molar-refractivity contribution is 0.0455. The van der Waals surface area contributed by atoms with Crippen molar-refractivity contribution in [1.29, 1.82) is 0 Å². The minimum atomic E-state index is 0.470. The van der Waals surface area contributed by atoms with Gasteiger partial charge in [0, 0.05) is 5.39 Å². The second-order valence-electron chi connectivity index (χ2n) is 3.41. The molecule has 1 aliphatic rings. The number of nitrogens with zero attached hydrogens (tertiary/aromatic N) is 2. The summed E-state index contributed by atoms with van der Waals surface area (Å²) >= 11 is 3.32. The molecule has 1 fully saturated rings. The zero-order valence-corrected chi connectivity index (χ0v) is 9.98. The van der Waals surface area contributed by atoms with Gasteiger partial charge in [-0.1, -0.05) is 11.8 Å². The van der Waals surface area contributed by atoms with E-state index >= 15 is 0 Å². The van der Waals surface area contributed by atoms with Crippen molar-refractivity contribution < 1.29 is 4.74 Å². The standard InChI is InChI=1S/C9H10N4OS2/c10-13-9-11-7-6(1-2-15-7)8(12-9)16-5-3-14-4-5/h1-2,5H,3-4,10H2,(H,11,12,13). The molecule has 0 bridgehead atoms. The zero-order chi connectivity index (χ0) is 11.0. The van der Waals surface area contributed by atoms with Gasteiger partial charge in [-0.05, 0) is 11.4 Å². The number of hydrogen-bond acceptors (Lipinski definition) is 7. The number of ether oxygens (including phenoxy) is 1. The first-order valence-electron chi connectivity index (χ1n) is 4.83. The number of nitrogens with one attached hydrogen (secondary N) is 1.